The largest absolute Gasteiger partial charge is 0.389 e. The molecule has 3 aromatic rings. The summed E-state index contributed by atoms with van der Waals surface area (Å²) in [6.45, 7) is 14.0. The number of nitrogens with zero attached hydrogens (tertiary/aromatic N) is 2. The molecule has 3 atom stereocenters. The molecule has 0 aliphatic carbocycles. The summed E-state index contributed by atoms with van der Waals surface area (Å²) in [6.07, 6.45) is 3.27. The molecule has 5 rings (SSSR count). The molecule has 0 bridgehead atoms. The number of carbonyl (C=O) groups excluding carboxylic acids is 2. The maximum absolute atomic E-state index is 15.1. The van der Waals surface area contributed by atoms with Crippen molar-refractivity contribution in [2.45, 2.75) is 96.9 Å². The quantitative estimate of drug-likeness (QED) is 0.291. The second kappa shape index (κ2) is 13.1. The van der Waals surface area contributed by atoms with Gasteiger partial charge >= 0.3 is 0 Å². The summed E-state index contributed by atoms with van der Waals surface area (Å²) < 4.78 is 15.1. The zero-order valence-electron chi connectivity index (χ0n) is 27.6. The van der Waals surface area contributed by atoms with E-state index >= 15 is 4.39 Å². The van der Waals surface area contributed by atoms with Gasteiger partial charge in [-0.15, -0.1) is 0 Å². The van der Waals surface area contributed by atoms with Crippen LogP contribution in [0.4, 0.5) is 10.1 Å². The second-order valence-corrected chi connectivity index (χ2v) is 14.5. The number of halogens is 1. The van der Waals surface area contributed by atoms with E-state index in [0.29, 0.717) is 31.5 Å². The molecule has 6 nitrogen and oxygen atoms in total. The van der Waals surface area contributed by atoms with Gasteiger partial charge in [-0.3, -0.25) is 14.5 Å². The molecule has 2 aliphatic heterocycles. The number of hydrogen-bond acceptors (Lipinski definition) is 4. The Labute approximate surface area is 267 Å². The van der Waals surface area contributed by atoms with Crippen LogP contribution in [-0.2, 0) is 16.8 Å². The van der Waals surface area contributed by atoms with Gasteiger partial charge < -0.3 is 15.3 Å². The van der Waals surface area contributed by atoms with E-state index in [1.54, 1.807) is 24.0 Å². The van der Waals surface area contributed by atoms with Crippen molar-refractivity contribution in [3.8, 4) is 0 Å². The number of benzene rings is 3. The molecule has 2 amide bonds. The fourth-order valence-electron chi connectivity index (χ4n) is 7.13. The highest BCUT2D eigenvalue weighted by Crippen LogP contribution is 2.39. The van der Waals surface area contributed by atoms with Crippen molar-refractivity contribution in [2.24, 2.45) is 5.92 Å². The van der Waals surface area contributed by atoms with Crippen LogP contribution in [0.25, 0.3) is 0 Å². The number of nitrogens with one attached hydrogen (secondary N) is 1. The standard InChI is InChI=1S/C38H48FN3O3/c1-25-11-7-15-31(39)33(25)36(44)42-22-9-14-30(35(43)40-29-13-8-12-28(23-29)37(2,3)4)34(42)27-19-17-26(18-20-27)24-41-21-10-16-32(41)38(5,6)45/h7-8,11-13,15,17-20,23,30,32,34,45H,9-10,14,16,21-22,24H2,1-6H3,(H,40,43)/t30-,32?,34-/m0/s1. The van der Waals surface area contributed by atoms with Crippen molar-refractivity contribution in [3.05, 3.63) is 100 Å². The minimum atomic E-state index is -0.781. The van der Waals surface area contributed by atoms with Gasteiger partial charge in [0.2, 0.25) is 5.91 Å². The molecular formula is C38H48FN3O3. The molecule has 2 N–H and O–H groups in total. The van der Waals surface area contributed by atoms with Crippen LogP contribution in [0.3, 0.4) is 0 Å². The maximum atomic E-state index is 15.1. The molecule has 0 radical (unpaired) electrons. The number of carbonyl (C=O) groups is 2. The summed E-state index contributed by atoms with van der Waals surface area (Å²) in [5.41, 5.74) is 3.58. The van der Waals surface area contributed by atoms with E-state index in [1.165, 1.54) is 6.07 Å². The van der Waals surface area contributed by atoms with E-state index < -0.39 is 29.3 Å². The van der Waals surface area contributed by atoms with Crippen LogP contribution in [-0.4, -0.2) is 51.5 Å². The number of amides is 2. The minimum Gasteiger partial charge on any atom is -0.389 e. The predicted octanol–water partition coefficient (Wildman–Crippen LogP) is 7.40. The molecule has 7 heteroatoms. The third-order valence-corrected chi connectivity index (χ3v) is 9.55. The van der Waals surface area contributed by atoms with Gasteiger partial charge in [0.05, 0.1) is 23.1 Å². The summed E-state index contributed by atoms with van der Waals surface area (Å²) in [5, 5.41) is 13.8. The zero-order valence-corrected chi connectivity index (χ0v) is 27.6. The van der Waals surface area contributed by atoms with Crippen LogP contribution in [0.2, 0.25) is 0 Å². The first kappa shape index (κ1) is 32.8. The molecular weight excluding hydrogens is 565 g/mol. The Morgan fingerprint density at radius 3 is 2.29 bits per heavy atom. The van der Waals surface area contributed by atoms with Crippen molar-refractivity contribution < 1.29 is 19.1 Å². The van der Waals surface area contributed by atoms with Crippen molar-refractivity contribution in [1.82, 2.24) is 9.80 Å². The van der Waals surface area contributed by atoms with E-state index in [0.717, 1.165) is 41.8 Å². The number of hydrogen-bond donors (Lipinski definition) is 2. The SMILES string of the molecule is Cc1cccc(F)c1C(=O)N1CCC[C@H](C(=O)Nc2cccc(C(C)(C)C)c2)[C@@H]1c1ccc(CN2CCCC2C(C)(C)O)cc1. The number of aryl methyl sites for hydroxylation is 1. The Balaban J connectivity index is 1.46. The lowest BCUT2D eigenvalue weighted by atomic mass is 9.82. The van der Waals surface area contributed by atoms with Gasteiger partial charge in [0.1, 0.15) is 5.82 Å². The number of rotatable bonds is 7. The highest BCUT2D eigenvalue weighted by atomic mass is 19.1. The average molecular weight is 614 g/mol. The van der Waals surface area contributed by atoms with Crippen LogP contribution < -0.4 is 5.32 Å². The highest BCUT2D eigenvalue weighted by molar-refractivity contribution is 5.98. The third-order valence-electron chi connectivity index (χ3n) is 9.55. The molecule has 2 heterocycles. The van der Waals surface area contributed by atoms with Gasteiger partial charge in [-0.05, 0) is 98.9 Å². The van der Waals surface area contributed by atoms with Crippen LogP contribution in [0.15, 0.2) is 66.7 Å². The Morgan fingerprint density at radius 1 is 0.933 bits per heavy atom. The summed E-state index contributed by atoms with van der Waals surface area (Å²) in [6, 6.07) is 20.3. The first-order chi connectivity index (χ1) is 21.2. The number of anilines is 1. The van der Waals surface area contributed by atoms with E-state index in [2.05, 4.69) is 49.2 Å². The topological polar surface area (TPSA) is 72.9 Å². The van der Waals surface area contributed by atoms with Gasteiger partial charge in [0, 0.05) is 24.8 Å². The molecule has 2 fully saturated rings. The average Bonchev–Trinajstić information content (AvgIpc) is 3.46. The fourth-order valence-corrected chi connectivity index (χ4v) is 7.13. The Bertz CT molecular complexity index is 1500. The number of aliphatic hydroxyl groups is 1. The van der Waals surface area contributed by atoms with Crippen LogP contribution in [0, 0.1) is 18.7 Å². The maximum Gasteiger partial charge on any atom is 0.257 e. The first-order valence-electron chi connectivity index (χ1n) is 16.3. The normalized spacial score (nSPS) is 21.2. The number of likely N-dealkylation sites (tertiary alicyclic amines) is 2. The van der Waals surface area contributed by atoms with Crippen LogP contribution in [0.1, 0.15) is 99.0 Å². The van der Waals surface area contributed by atoms with Crippen molar-refractivity contribution >= 4 is 17.5 Å². The lowest BCUT2D eigenvalue weighted by Gasteiger charge is -2.41. The van der Waals surface area contributed by atoms with Gasteiger partial charge in [-0.25, -0.2) is 4.39 Å². The molecule has 0 aromatic heterocycles. The molecule has 240 valence electrons. The lowest BCUT2D eigenvalue weighted by molar-refractivity contribution is -0.123. The first-order valence-corrected chi connectivity index (χ1v) is 16.3. The minimum absolute atomic E-state index is 0.0600. The zero-order chi connectivity index (χ0) is 32.5. The molecule has 2 aliphatic rings. The van der Waals surface area contributed by atoms with Gasteiger partial charge in [-0.1, -0.05) is 69.3 Å². The van der Waals surface area contributed by atoms with Gasteiger partial charge in [0.15, 0.2) is 0 Å². The molecule has 1 unspecified atom stereocenters. The van der Waals surface area contributed by atoms with E-state index in [4.69, 9.17) is 0 Å². The fraction of sp³-hybridized carbons (Fsp3) is 0.474. The summed E-state index contributed by atoms with van der Waals surface area (Å²) in [4.78, 5) is 32.1. The van der Waals surface area contributed by atoms with Gasteiger partial charge in [-0.2, -0.15) is 0 Å². The third kappa shape index (κ3) is 7.31. The number of piperidine rings is 1. The highest BCUT2D eigenvalue weighted by Gasteiger charge is 2.41. The van der Waals surface area contributed by atoms with E-state index in [-0.39, 0.29) is 22.9 Å². The van der Waals surface area contributed by atoms with Crippen molar-refractivity contribution in [1.29, 1.82) is 0 Å². The molecule has 2 saturated heterocycles. The Morgan fingerprint density at radius 2 is 1.62 bits per heavy atom. The molecule has 0 spiro atoms. The van der Waals surface area contributed by atoms with Crippen molar-refractivity contribution in [2.75, 3.05) is 18.4 Å². The monoisotopic (exact) mass is 613 g/mol. The predicted molar refractivity (Wildman–Crippen MR) is 178 cm³/mol. The van der Waals surface area contributed by atoms with Crippen LogP contribution >= 0.6 is 0 Å². The summed E-state index contributed by atoms with van der Waals surface area (Å²) >= 11 is 0. The van der Waals surface area contributed by atoms with E-state index in [9.17, 15) is 14.7 Å². The Hall–Kier alpha value is -3.55. The second-order valence-electron chi connectivity index (χ2n) is 14.5. The summed E-state index contributed by atoms with van der Waals surface area (Å²) in [7, 11) is 0. The molecule has 0 saturated carbocycles. The van der Waals surface area contributed by atoms with Crippen molar-refractivity contribution in [3.63, 3.8) is 0 Å². The molecule has 3 aromatic carbocycles. The Kier molecular flexibility index (Phi) is 9.52. The van der Waals surface area contributed by atoms with Gasteiger partial charge in [0.25, 0.3) is 5.91 Å². The lowest BCUT2D eigenvalue weighted by Crippen LogP contribution is -2.47. The van der Waals surface area contributed by atoms with E-state index in [1.807, 2.05) is 44.2 Å². The van der Waals surface area contributed by atoms with Crippen LogP contribution in [0.5, 0.6) is 0 Å². The smallest absolute Gasteiger partial charge is 0.257 e. The molecule has 45 heavy (non-hydrogen) atoms. The summed E-state index contributed by atoms with van der Waals surface area (Å²) in [5.74, 6) is -1.61.